The molecule has 3 nitrogen and oxygen atoms in total. The lowest BCUT2D eigenvalue weighted by molar-refractivity contribution is 0.117. The van der Waals surface area contributed by atoms with Crippen LogP contribution in [0.4, 0.5) is 0 Å². The Morgan fingerprint density at radius 3 is 3.12 bits per heavy atom. The molecular weight excluding hydrogens is 212 g/mol. The van der Waals surface area contributed by atoms with Gasteiger partial charge in [0.2, 0.25) is 5.88 Å². The van der Waals surface area contributed by atoms with Crippen molar-refractivity contribution < 1.29 is 4.74 Å². The number of rotatable bonds is 3. The normalized spacial score (nSPS) is 24.0. The van der Waals surface area contributed by atoms with Gasteiger partial charge in [0, 0.05) is 6.07 Å². The smallest absolute Gasteiger partial charge is 0.214 e. The Labute approximate surface area is 102 Å². The van der Waals surface area contributed by atoms with Crippen LogP contribution in [0.2, 0.25) is 0 Å². The highest BCUT2D eigenvalue weighted by molar-refractivity contribution is 5.24. The lowest BCUT2D eigenvalue weighted by atomic mass is 9.85. The molecule has 0 saturated heterocycles. The number of hydrogen-bond donors (Lipinski definition) is 0. The fourth-order valence-electron chi connectivity index (χ4n) is 2.43. The van der Waals surface area contributed by atoms with Crippen LogP contribution in [0, 0.1) is 17.2 Å². The molecule has 1 saturated carbocycles. The predicted octanol–water partition coefficient (Wildman–Crippen LogP) is 3.30. The largest absolute Gasteiger partial charge is 0.474 e. The second kappa shape index (κ2) is 5.67. The summed E-state index contributed by atoms with van der Waals surface area (Å²) < 4.78 is 5.87. The summed E-state index contributed by atoms with van der Waals surface area (Å²) >= 11 is 0. The Kier molecular flexibility index (Phi) is 3.98. The minimum atomic E-state index is 0.273. The van der Waals surface area contributed by atoms with Gasteiger partial charge in [0.05, 0.1) is 0 Å². The first-order chi connectivity index (χ1) is 8.31. The molecule has 0 radical (unpaired) electrons. The maximum absolute atomic E-state index is 8.78. The van der Waals surface area contributed by atoms with E-state index in [0.29, 0.717) is 11.6 Å². The van der Waals surface area contributed by atoms with Gasteiger partial charge in [0.1, 0.15) is 17.9 Å². The van der Waals surface area contributed by atoms with Crippen molar-refractivity contribution in [2.45, 2.75) is 45.1 Å². The van der Waals surface area contributed by atoms with Gasteiger partial charge in [0.25, 0.3) is 0 Å². The van der Waals surface area contributed by atoms with Gasteiger partial charge in [-0.25, -0.2) is 4.98 Å². The Bertz CT molecular complexity index is 411. The van der Waals surface area contributed by atoms with Crippen molar-refractivity contribution in [3.05, 3.63) is 23.9 Å². The van der Waals surface area contributed by atoms with Crippen LogP contribution in [0.3, 0.4) is 0 Å². The highest BCUT2D eigenvalue weighted by atomic mass is 16.5. The molecule has 0 amide bonds. The van der Waals surface area contributed by atoms with Crippen molar-refractivity contribution in [3.8, 4) is 11.9 Å². The third-order valence-corrected chi connectivity index (χ3v) is 3.44. The number of ether oxygens (including phenoxy) is 1. The van der Waals surface area contributed by atoms with Gasteiger partial charge >= 0.3 is 0 Å². The molecule has 1 fully saturated rings. The predicted molar refractivity (Wildman–Crippen MR) is 65.6 cm³/mol. The van der Waals surface area contributed by atoms with E-state index in [4.69, 9.17) is 10.00 Å². The standard InChI is InChI=1S/C14H18N2O/c1-2-11-5-3-7-13(9-11)17-14-8-4-6-12(10-15)16-14/h4,6,8,11,13H,2-3,5,7,9H2,1H3. The number of nitrogens with zero attached hydrogens (tertiary/aromatic N) is 2. The van der Waals surface area contributed by atoms with Crippen molar-refractivity contribution in [3.63, 3.8) is 0 Å². The van der Waals surface area contributed by atoms with Gasteiger partial charge in [-0.3, -0.25) is 0 Å². The summed E-state index contributed by atoms with van der Waals surface area (Å²) in [5, 5.41) is 8.78. The molecule has 2 rings (SSSR count). The molecule has 1 aromatic rings. The molecule has 0 N–H and O–H groups in total. The molecule has 1 aliphatic carbocycles. The van der Waals surface area contributed by atoms with Crippen molar-refractivity contribution in [1.82, 2.24) is 4.98 Å². The topological polar surface area (TPSA) is 45.9 Å². The number of pyridine rings is 1. The van der Waals surface area contributed by atoms with Crippen LogP contribution < -0.4 is 4.74 Å². The zero-order valence-electron chi connectivity index (χ0n) is 10.2. The van der Waals surface area contributed by atoms with E-state index >= 15 is 0 Å². The molecule has 2 unspecified atom stereocenters. The molecule has 3 heteroatoms. The summed E-state index contributed by atoms with van der Waals surface area (Å²) in [6.07, 6.45) is 6.29. The van der Waals surface area contributed by atoms with Crippen LogP contribution in [-0.4, -0.2) is 11.1 Å². The van der Waals surface area contributed by atoms with E-state index < -0.39 is 0 Å². The fraction of sp³-hybridized carbons (Fsp3) is 0.571. The summed E-state index contributed by atoms with van der Waals surface area (Å²) in [7, 11) is 0. The quantitative estimate of drug-likeness (QED) is 0.800. The molecule has 90 valence electrons. The Morgan fingerprint density at radius 2 is 2.35 bits per heavy atom. The average Bonchev–Trinajstić information content (AvgIpc) is 2.39. The van der Waals surface area contributed by atoms with Crippen molar-refractivity contribution in [1.29, 1.82) is 5.26 Å². The molecule has 17 heavy (non-hydrogen) atoms. The molecule has 0 aromatic carbocycles. The van der Waals surface area contributed by atoms with Crippen LogP contribution in [0.5, 0.6) is 5.88 Å². The third kappa shape index (κ3) is 3.20. The zero-order chi connectivity index (χ0) is 12.1. The van der Waals surface area contributed by atoms with E-state index in [1.54, 1.807) is 6.07 Å². The van der Waals surface area contributed by atoms with Gasteiger partial charge in [0.15, 0.2) is 0 Å². The Balaban J connectivity index is 1.98. The molecule has 1 heterocycles. The molecule has 2 atom stereocenters. The van der Waals surface area contributed by atoms with Gasteiger partial charge in [-0.15, -0.1) is 0 Å². The van der Waals surface area contributed by atoms with E-state index in [2.05, 4.69) is 11.9 Å². The van der Waals surface area contributed by atoms with Crippen LogP contribution >= 0.6 is 0 Å². The second-order valence-corrected chi connectivity index (χ2v) is 4.65. The van der Waals surface area contributed by atoms with Gasteiger partial charge in [-0.1, -0.05) is 25.8 Å². The van der Waals surface area contributed by atoms with Crippen LogP contribution in [0.15, 0.2) is 18.2 Å². The summed E-state index contributed by atoms with van der Waals surface area (Å²) in [5.41, 5.74) is 0.422. The molecule has 1 aromatic heterocycles. The first-order valence-corrected chi connectivity index (χ1v) is 6.35. The van der Waals surface area contributed by atoms with Gasteiger partial charge in [-0.2, -0.15) is 5.26 Å². The fourth-order valence-corrected chi connectivity index (χ4v) is 2.43. The average molecular weight is 230 g/mol. The molecule has 1 aliphatic rings. The lowest BCUT2D eigenvalue weighted by Gasteiger charge is -2.28. The molecular formula is C14H18N2O. The minimum Gasteiger partial charge on any atom is -0.474 e. The Morgan fingerprint density at radius 1 is 1.47 bits per heavy atom. The third-order valence-electron chi connectivity index (χ3n) is 3.44. The maximum atomic E-state index is 8.78. The van der Waals surface area contributed by atoms with Gasteiger partial charge in [-0.05, 0) is 31.2 Å². The first kappa shape index (κ1) is 11.9. The lowest BCUT2D eigenvalue weighted by Crippen LogP contribution is -2.25. The highest BCUT2D eigenvalue weighted by Crippen LogP contribution is 2.29. The van der Waals surface area contributed by atoms with Crippen LogP contribution in [-0.2, 0) is 0 Å². The summed E-state index contributed by atoms with van der Waals surface area (Å²) in [4.78, 5) is 4.15. The summed E-state index contributed by atoms with van der Waals surface area (Å²) in [6.45, 7) is 2.24. The number of hydrogen-bond acceptors (Lipinski definition) is 3. The summed E-state index contributed by atoms with van der Waals surface area (Å²) in [6, 6.07) is 7.38. The number of aromatic nitrogens is 1. The highest BCUT2D eigenvalue weighted by Gasteiger charge is 2.22. The van der Waals surface area contributed by atoms with Crippen LogP contribution in [0.1, 0.15) is 44.7 Å². The molecule has 0 bridgehead atoms. The monoisotopic (exact) mass is 230 g/mol. The SMILES string of the molecule is CCC1CCCC(Oc2cccc(C#N)n2)C1. The number of nitriles is 1. The van der Waals surface area contributed by atoms with E-state index in [0.717, 1.165) is 18.8 Å². The van der Waals surface area contributed by atoms with Crippen LogP contribution in [0.25, 0.3) is 0 Å². The van der Waals surface area contributed by atoms with Gasteiger partial charge < -0.3 is 4.74 Å². The first-order valence-electron chi connectivity index (χ1n) is 6.35. The minimum absolute atomic E-state index is 0.273. The molecule has 0 spiro atoms. The van der Waals surface area contributed by atoms with Crippen molar-refractivity contribution in [2.24, 2.45) is 5.92 Å². The van der Waals surface area contributed by atoms with Crippen molar-refractivity contribution >= 4 is 0 Å². The van der Waals surface area contributed by atoms with E-state index in [9.17, 15) is 0 Å². The Hall–Kier alpha value is -1.56. The maximum Gasteiger partial charge on any atom is 0.214 e. The molecule has 0 aliphatic heterocycles. The second-order valence-electron chi connectivity index (χ2n) is 4.65. The van der Waals surface area contributed by atoms with E-state index in [1.165, 1.54) is 19.3 Å². The zero-order valence-corrected chi connectivity index (χ0v) is 10.2. The van der Waals surface area contributed by atoms with Crippen molar-refractivity contribution in [2.75, 3.05) is 0 Å². The summed E-state index contributed by atoms with van der Waals surface area (Å²) in [5.74, 6) is 1.37. The van der Waals surface area contributed by atoms with E-state index in [1.807, 2.05) is 18.2 Å². The van der Waals surface area contributed by atoms with E-state index in [-0.39, 0.29) is 6.10 Å².